The number of morpholine rings is 1. The average molecular weight is 759 g/mol. The van der Waals surface area contributed by atoms with Crippen LogP contribution in [0.25, 0.3) is 38.6 Å². The SMILES string of the molecule is O=C(Nc1ccc(Oc2ccnc(Nc3ccc4n[nH]cc4c3)n2)c2ccccc12)Nc1cc(-c2ccccc2)nn1-c1ccc(OCCN2CCOCC2)cc1. The molecule has 5 aromatic carbocycles. The maximum absolute atomic E-state index is 13.7. The van der Waals surface area contributed by atoms with Gasteiger partial charge < -0.3 is 24.8 Å². The molecule has 9 rings (SSSR count). The Labute approximate surface area is 327 Å². The molecular weight excluding hydrogens is 721 g/mol. The number of benzene rings is 5. The highest BCUT2D eigenvalue weighted by atomic mass is 16.5. The fourth-order valence-electron chi connectivity index (χ4n) is 6.68. The van der Waals surface area contributed by atoms with Crippen molar-refractivity contribution in [3.63, 3.8) is 0 Å². The minimum atomic E-state index is -0.433. The second-order valence-corrected chi connectivity index (χ2v) is 13.3. The zero-order valence-corrected chi connectivity index (χ0v) is 30.8. The summed E-state index contributed by atoms with van der Waals surface area (Å²) in [6.45, 7) is 4.77. The number of nitrogens with zero attached hydrogens (tertiary/aromatic N) is 6. The lowest BCUT2D eigenvalue weighted by atomic mass is 10.1. The molecule has 1 saturated heterocycles. The number of H-pyrrole nitrogens is 1. The van der Waals surface area contributed by atoms with Crippen molar-refractivity contribution in [2.24, 2.45) is 0 Å². The molecule has 0 aliphatic carbocycles. The second kappa shape index (κ2) is 16.2. The first-order valence-electron chi connectivity index (χ1n) is 18.6. The van der Waals surface area contributed by atoms with Gasteiger partial charge in [0.05, 0.1) is 35.8 Å². The Balaban J connectivity index is 0.911. The van der Waals surface area contributed by atoms with Gasteiger partial charge in [-0.2, -0.15) is 15.2 Å². The molecule has 3 aromatic heterocycles. The molecule has 0 bridgehead atoms. The highest BCUT2D eigenvalue weighted by Gasteiger charge is 2.17. The molecule has 284 valence electrons. The molecule has 14 heteroatoms. The number of anilines is 4. The van der Waals surface area contributed by atoms with Crippen molar-refractivity contribution < 1.29 is 19.0 Å². The summed E-state index contributed by atoms with van der Waals surface area (Å²) in [5.74, 6) is 2.56. The first kappa shape index (κ1) is 35.4. The summed E-state index contributed by atoms with van der Waals surface area (Å²) in [4.78, 5) is 25.0. The van der Waals surface area contributed by atoms with Crippen LogP contribution in [0.5, 0.6) is 17.4 Å². The molecule has 0 unspecified atom stereocenters. The van der Waals surface area contributed by atoms with Crippen LogP contribution in [-0.4, -0.2) is 80.3 Å². The number of rotatable bonds is 12. The summed E-state index contributed by atoms with van der Waals surface area (Å²) in [6, 6.07) is 37.7. The predicted molar refractivity (Wildman–Crippen MR) is 220 cm³/mol. The van der Waals surface area contributed by atoms with Crippen molar-refractivity contribution in [2.75, 3.05) is 55.4 Å². The molecule has 0 spiro atoms. The van der Waals surface area contributed by atoms with Crippen LogP contribution < -0.4 is 25.4 Å². The van der Waals surface area contributed by atoms with E-state index in [0.29, 0.717) is 41.4 Å². The quantitative estimate of drug-likeness (QED) is 0.0957. The van der Waals surface area contributed by atoms with E-state index < -0.39 is 6.03 Å². The highest BCUT2D eigenvalue weighted by Crippen LogP contribution is 2.35. The number of ether oxygens (including phenoxy) is 3. The average Bonchev–Trinajstić information content (AvgIpc) is 3.90. The first-order chi connectivity index (χ1) is 28.1. The molecular formula is C43H38N10O4. The summed E-state index contributed by atoms with van der Waals surface area (Å²) in [5, 5.41) is 23.8. The van der Waals surface area contributed by atoms with Crippen molar-refractivity contribution in [1.82, 2.24) is 34.8 Å². The van der Waals surface area contributed by atoms with Crippen LogP contribution in [0.1, 0.15) is 0 Å². The van der Waals surface area contributed by atoms with Crippen LogP contribution >= 0.6 is 0 Å². The second-order valence-electron chi connectivity index (χ2n) is 13.3. The zero-order valence-electron chi connectivity index (χ0n) is 30.8. The van der Waals surface area contributed by atoms with E-state index in [-0.39, 0.29) is 0 Å². The molecule has 14 nitrogen and oxygen atoms in total. The molecule has 4 heterocycles. The summed E-state index contributed by atoms with van der Waals surface area (Å²) in [6.07, 6.45) is 3.46. The van der Waals surface area contributed by atoms with Crippen LogP contribution in [-0.2, 0) is 4.74 Å². The number of aromatic nitrogens is 6. The monoisotopic (exact) mass is 758 g/mol. The Morgan fingerprint density at radius 2 is 1.67 bits per heavy atom. The van der Waals surface area contributed by atoms with E-state index in [4.69, 9.17) is 19.3 Å². The summed E-state index contributed by atoms with van der Waals surface area (Å²) >= 11 is 0. The van der Waals surface area contributed by atoms with Gasteiger partial charge in [-0.1, -0.05) is 54.6 Å². The van der Waals surface area contributed by atoms with Crippen LogP contribution in [0.4, 0.5) is 27.9 Å². The number of carbonyl (C=O) groups excluding carboxylic acids is 1. The minimum absolute atomic E-state index is 0.357. The van der Waals surface area contributed by atoms with Crippen LogP contribution in [0.3, 0.4) is 0 Å². The van der Waals surface area contributed by atoms with Crippen molar-refractivity contribution in [3.8, 4) is 34.3 Å². The van der Waals surface area contributed by atoms with Gasteiger partial charge in [-0.05, 0) is 54.6 Å². The van der Waals surface area contributed by atoms with E-state index in [1.165, 1.54) is 0 Å². The minimum Gasteiger partial charge on any atom is -0.492 e. The van der Waals surface area contributed by atoms with E-state index in [1.807, 2.05) is 121 Å². The molecule has 0 atom stereocenters. The van der Waals surface area contributed by atoms with E-state index in [9.17, 15) is 4.79 Å². The van der Waals surface area contributed by atoms with Gasteiger partial charge in [0.25, 0.3) is 0 Å². The van der Waals surface area contributed by atoms with Crippen LogP contribution in [0.2, 0.25) is 0 Å². The molecule has 57 heavy (non-hydrogen) atoms. The number of urea groups is 1. The summed E-state index contributed by atoms with van der Waals surface area (Å²) < 4.78 is 19.5. The van der Waals surface area contributed by atoms with Crippen molar-refractivity contribution >= 4 is 50.8 Å². The van der Waals surface area contributed by atoms with E-state index >= 15 is 0 Å². The van der Waals surface area contributed by atoms with E-state index in [2.05, 4.69) is 41.0 Å². The van der Waals surface area contributed by atoms with Gasteiger partial charge in [-0.15, -0.1) is 0 Å². The normalized spacial score (nSPS) is 13.1. The fourth-order valence-corrected chi connectivity index (χ4v) is 6.68. The van der Waals surface area contributed by atoms with Gasteiger partial charge in [0, 0.05) is 71.6 Å². The lowest BCUT2D eigenvalue weighted by Crippen LogP contribution is -2.38. The third-order valence-corrected chi connectivity index (χ3v) is 9.55. The Kier molecular flexibility index (Phi) is 10.1. The number of aromatic amines is 1. The standard InChI is InChI=1S/C43H38N10O4/c54-43(48-40-27-38(29-6-2-1-3-7-29)51-53(40)32-11-13-33(14-12-32)56-25-22-52-20-23-55-24-21-52)47-37-16-17-39(35-9-5-4-8-34(35)37)57-41-18-19-44-42(49-41)46-31-10-15-36-30(26-31)28-45-50-36/h1-19,26-28H,20-25H2,(H,45,50)(H,44,46,49)(H2,47,48,54). The number of hydrogen-bond acceptors (Lipinski definition) is 10. The number of nitrogens with one attached hydrogen (secondary N) is 4. The maximum Gasteiger partial charge on any atom is 0.324 e. The van der Waals surface area contributed by atoms with Gasteiger partial charge >= 0.3 is 6.03 Å². The van der Waals surface area contributed by atoms with Gasteiger partial charge in [-0.3, -0.25) is 15.3 Å². The van der Waals surface area contributed by atoms with Crippen molar-refractivity contribution in [1.29, 1.82) is 0 Å². The Morgan fingerprint density at radius 3 is 2.53 bits per heavy atom. The third kappa shape index (κ3) is 8.22. The predicted octanol–water partition coefficient (Wildman–Crippen LogP) is 8.25. The summed E-state index contributed by atoms with van der Waals surface area (Å²) in [5.41, 5.74) is 4.69. The summed E-state index contributed by atoms with van der Waals surface area (Å²) in [7, 11) is 0. The number of amides is 2. The topological polar surface area (TPSA) is 156 Å². The molecule has 1 aliphatic rings. The molecule has 0 radical (unpaired) electrons. The highest BCUT2D eigenvalue weighted by molar-refractivity contribution is 6.07. The van der Waals surface area contributed by atoms with Gasteiger partial charge in [-0.25, -0.2) is 14.5 Å². The lowest BCUT2D eigenvalue weighted by Gasteiger charge is -2.26. The van der Waals surface area contributed by atoms with Gasteiger partial charge in [0.2, 0.25) is 11.8 Å². The molecule has 0 saturated carbocycles. The van der Waals surface area contributed by atoms with Gasteiger partial charge in [0.15, 0.2) is 0 Å². The van der Waals surface area contributed by atoms with Crippen molar-refractivity contribution in [3.05, 3.63) is 134 Å². The lowest BCUT2D eigenvalue weighted by molar-refractivity contribution is 0.0322. The van der Waals surface area contributed by atoms with E-state index in [0.717, 1.165) is 77.2 Å². The van der Waals surface area contributed by atoms with Crippen LogP contribution in [0, 0.1) is 0 Å². The first-order valence-corrected chi connectivity index (χ1v) is 18.6. The Morgan fingerprint density at radius 1 is 0.842 bits per heavy atom. The third-order valence-electron chi connectivity index (χ3n) is 9.55. The largest absolute Gasteiger partial charge is 0.492 e. The van der Waals surface area contributed by atoms with Crippen molar-refractivity contribution in [2.45, 2.75) is 0 Å². The number of hydrogen-bond donors (Lipinski definition) is 4. The maximum atomic E-state index is 13.7. The van der Waals surface area contributed by atoms with Gasteiger partial charge in [0.1, 0.15) is 23.9 Å². The fraction of sp³-hybridized carbons (Fsp3) is 0.140. The number of carbonyl (C=O) groups is 1. The smallest absolute Gasteiger partial charge is 0.324 e. The van der Waals surface area contributed by atoms with E-state index in [1.54, 1.807) is 16.9 Å². The molecule has 2 amide bonds. The van der Waals surface area contributed by atoms with Crippen LogP contribution in [0.15, 0.2) is 134 Å². The molecule has 1 fully saturated rings. The Bertz CT molecular complexity index is 2640. The zero-order chi connectivity index (χ0) is 38.4. The molecule has 1 aliphatic heterocycles. The molecule has 4 N–H and O–H groups in total. The molecule has 8 aromatic rings. The number of fused-ring (bicyclic) bond motifs is 2. The Hall–Kier alpha value is -7.29.